The van der Waals surface area contributed by atoms with Crippen LogP contribution in [0.15, 0.2) is 36.5 Å². The molecule has 0 spiro atoms. The number of halogens is 2. The highest BCUT2D eigenvalue weighted by molar-refractivity contribution is 6.36. The largest absolute Gasteiger partial charge is 0.339 e. The summed E-state index contributed by atoms with van der Waals surface area (Å²) in [5.74, 6) is 0.593. The molecule has 1 aliphatic rings. The number of hydrogen-bond acceptors (Lipinski definition) is 4. The molecule has 3 rings (SSSR count). The molecule has 1 amide bonds. The molecule has 126 valence electrons. The highest BCUT2D eigenvalue weighted by Gasteiger charge is 2.20. The zero-order chi connectivity index (χ0) is 17.1. The number of likely N-dealkylation sites (N-methyl/N-ethyl adjacent to an activating group) is 1. The summed E-state index contributed by atoms with van der Waals surface area (Å²) in [5, 5.41) is 4.19. The van der Waals surface area contributed by atoms with Gasteiger partial charge >= 0.3 is 0 Å². The van der Waals surface area contributed by atoms with Gasteiger partial charge in [-0.3, -0.25) is 4.79 Å². The lowest BCUT2D eigenvalue weighted by molar-refractivity contribution is 0.0664. The fraction of sp³-hybridized carbons (Fsp3) is 0.294. The average Bonchev–Trinajstić information content (AvgIpc) is 2.58. The lowest BCUT2D eigenvalue weighted by Gasteiger charge is -2.32. The molecule has 5 nitrogen and oxygen atoms in total. The van der Waals surface area contributed by atoms with E-state index in [1.165, 1.54) is 0 Å². The minimum Gasteiger partial charge on any atom is -0.339 e. The van der Waals surface area contributed by atoms with Gasteiger partial charge in [-0.15, -0.1) is 0 Å². The molecule has 2 heterocycles. The first-order valence-electron chi connectivity index (χ1n) is 7.69. The third kappa shape index (κ3) is 3.98. The van der Waals surface area contributed by atoms with Crippen molar-refractivity contribution >= 4 is 40.6 Å². The normalized spacial score (nSPS) is 15.4. The lowest BCUT2D eigenvalue weighted by Crippen LogP contribution is -2.47. The first kappa shape index (κ1) is 17.0. The van der Waals surface area contributed by atoms with E-state index in [1.807, 2.05) is 4.90 Å². The predicted molar refractivity (Wildman–Crippen MR) is 97.4 cm³/mol. The number of nitrogens with zero attached hydrogens (tertiary/aromatic N) is 3. The summed E-state index contributed by atoms with van der Waals surface area (Å²) >= 11 is 12.1. The standard InChI is InChI=1S/C17H18Cl2N4O/c1-22-6-8-23(9-7-22)17(24)12-4-5-20-16(10-12)21-15-3-2-13(18)11-14(15)19/h2-5,10-11H,6-9H2,1H3,(H,20,21). The van der Waals surface area contributed by atoms with Crippen LogP contribution < -0.4 is 5.32 Å². The van der Waals surface area contributed by atoms with Crippen LogP contribution in [0, 0.1) is 0 Å². The zero-order valence-electron chi connectivity index (χ0n) is 13.3. The van der Waals surface area contributed by atoms with Crippen LogP contribution in [0.25, 0.3) is 0 Å². The van der Waals surface area contributed by atoms with Gasteiger partial charge < -0.3 is 15.1 Å². The highest BCUT2D eigenvalue weighted by atomic mass is 35.5. The molecule has 7 heteroatoms. The second-order valence-electron chi connectivity index (χ2n) is 5.77. The maximum absolute atomic E-state index is 12.6. The summed E-state index contributed by atoms with van der Waals surface area (Å²) in [6.45, 7) is 3.26. The van der Waals surface area contributed by atoms with E-state index in [0.29, 0.717) is 27.1 Å². The third-order valence-electron chi connectivity index (χ3n) is 3.99. The van der Waals surface area contributed by atoms with Crippen LogP contribution in [0.1, 0.15) is 10.4 Å². The number of amides is 1. The molecule has 1 saturated heterocycles. The van der Waals surface area contributed by atoms with Crippen LogP contribution in [-0.2, 0) is 0 Å². The number of carbonyl (C=O) groups is 1. The van der Waals surface area contributed by atoms with E-state index in [0.717, 1.165) is 26.2 Å². The van der Waals surface area contributed by atoms with E-state index >= 15 is 0 Å². The molecule has 24 heavy (non-hydrogen) atoms. The van der Waals surface area contributed by atoms with Crippen molar-refractivity contribution < 1.29 is 4.79 Å². The molecule has 0 saturated carbocycles. The van der Waals surface area contributed by atoms with Gasteiger partial charge in [-0.1, -0.05) is 23.2 Å². The number of pyridine rings is 1. The molecule has 1 aromatic heterocycles. The van der Waals surface area contributed by atoms with Crippen LogP contribution in [-0.4, -0.2) is 53.9 Å². The number of hydrogen-bond donors (Lipinski definition) is 1. The van der Waals surface area contributed by atoms with Crippen molar-refractivity contribution in [2.24, 2.45) is 0 Å². The maximum Gasteiger partial charge on any atom is 0.254 e. The van der Waals surface area contributed by atoms with Crippen molar-refractivity contribution in [1.29, 1.82) is 0 Å². The SMILES string of the molecule is CN1CCN(C(=O)c2ccnc(Nc3ccc(Cl)cc3Cl)c2)CC1. The first-order valence-corrected chi connectivity index (χ1v) is 8.44. The summed E-state index contributed by atoms with van der Waals surface area (Å²) < 4.78 is 0. The monoisotopic (exact) mass is 364 g/mol. The van der Waals surface area contributed by atoms with Gasteiger partial charge in [-0.2, -0.15) is 0 Å². The minimum atomic E-state index is 0.0238. The number of anilines is 2. The van der Waals surface area contributed by atoms with E-state index in [2.05, 4.69) is 22.2 Å². The van der Waals surface area contributed by atoms with E-state index in [9.17, 15) is 4.79 Å². The van der Waals surface area contributed by atoms with Crippen LogP contribution in [0.2, 0.25) is 10.0 Å². The molecule has 1 fully saturated rings. The quantitative estimate of drug-likeness (QED) is 0.904. The minimum absolute atomic E-state index is 0.0238. The fourth-order valence-electron chi connectivity index (χ4n) is 2.55. The molecule has 2 aromatic rings. The molecule has 1 N–H and O–H groups in total. The Hall–Kier alpha value is -1.82. The number of aromatic nitrogens is 1. The summed E-state index contributed by atoms with van der Waals surface area (Å²) in [4.78, 5) is 21.0. The smallest absolute Gasteiger partial charge is 0.254 e. The van der Waals surface area contributed by atoms with Crippen molar-refractivity contribution in [3.63, 3.8) is 0 Å². The van der Waals surface area contributed by atoms with Crippen LogP contribution >= 0.6 is 23.2 Å². The molecule has 0 radical (unpaired) electrons. The van der Waals surface area contributed by atoms with Crippen molar-refractivity contribution in [2.75, 3.05) is 38.5 Å². The number of rotatable bonds is 3. The molecular formula is C17H18Cl2N4O. The van der Waals surface area contributed by atoms with Gasteiger partial charge in [0.15, 0.2) is 0 Å². The summed E-state index contributed by atoms with van der Waals surface area (Å²) in [6, 6.07) is 8.65. The Morgan fingerprint density at radius 3 is 2.58 bits per heavy atom. The van der Waals surface area contributed by atoms with Crippen LogP contribution in [0.5, 0.6) is 0 Å². The Labute approximate surface area is 151 Å². The Balaban J connectivity index is 1.75. The van der Waals surface area contributed by atoms with Crippen molar-refractivity contribution in [3.05, 3.63) is 52.1 Å². The summed E-state index contributed by atoms with van der Waals surface area (Å²) in [5.41, 5.74) is 1.31. The van der Waals surface area contributed by atoms with E-state index in [-0.39, 0.29) is 5.91 Å². The summed E-state index contributed by atoms with van der Waals surface area (Å²) in [7, 11) is 2.06. The third-order valence-corrected chi connectivity index (χ3v) is 4.54. The number of nitrogens with one attached hydrogen (secondary N) is 1. The Morgan fingerprint density at radius 1 is 1.12 bits per heavy atom. The molecule has 0 atom stereocenters. The topological polar surface area (TPSA) is 48.5 Å². The predicted octanol–water partition coefficient (Wildman–Crippen LogP) is 3.52. The zero-order valence-corrected chi connectivity index (χ0v) is 14.8. The molecule has 0 aliphatic carbocycles. The molecule has 1 aliphatic heterocycles. The van der Waals surface area contributed by atoms with Crippen molar-refractivity contribution in [1.82, 2.24) is 14.8 Å². The molecule has 0 bridgehead atoms. The first-order chi connectivity index (χ1) is 11.5. The van der Waals surface area contributed by atoms with Gasteiger partial charge in [0, 0.05) is 43.0 Å². The Morgan fingerprint density at radius 2 is 1.88 bits per heavy atom. The Kier molecular flexibility index (Phi) is 5.23. The van der Waals surface area contributed by atoms with Crippen molar-refractivity contribution in [3.8, 4) is 0 Å². The van der Waals surface area contributed by atoms with Gasteiger partial charge in [0.2, 0.25) is 0 Å². The van der Waals surface area contributed by atoms with Gasteiger partial charge in [0.25, 0.3) is 5.91 Å². The lowest BCUT2D eigenvalue weighted by atomic mass is 10.2. The second kappa shape index (κ2) is 7.38. The number of piperazine rings is 1. The van der Waals surface area contributed by atoms with E-state index < -0.39 is 0 Å². The highest BCUT2D eigenvalue weighted by Crippen LogP contribution is 2.27. The van der Waals surface area contributed by atoms with Crippen LogP contribution in [0.4, 0.5) is 11.5 Å². The maximum atomic E-state index is 12.6. The van der Waals surface area contributed by atoms with E-state index in [4.69, 9.17) is 23.2 Å². The second-order valence-corrected chi connectivity index (χ2v) is 6.62. The number of carbonyl (C=O) groups excluding carboxylic acids is 1. The fourth-order valence-corrected chi connectivity index (χ4v) is 3.01. The molecular weight excluding hydrogens is 347 g/mol. The van der Waals surface area contributed by atoms with Crippen molar-refractivity contribution in [2.45, 2.75) is 0 Å². The molecule has 1 aromatic carbocycles. The van der Waals surface area contributed by atoms with Crippen LogP contribution in [0.3, 0.4) is 0 Å². The Bertz CT molecular complexity index is 745. The van der Waals surface area contributed by atoms with Gasteiger partial charge in [-0.25, -0.2) is 4.98 Å². The van der Waals surface area contributed by atoms with Gasteiger partial charge in [-0.05, 0) is 37.4 Å². The average molecular weight is 365 g/mol. The van der Waals surface area contributed by atoms with Gasteiger partial charge in [0.05, 0.1) is 10.7 Å². The van der Waals surface area contributed by atoms with Gasteiger partial charge in [0.1, 0.15) is 5.82 Å². The number of benzene rings is 1. The molecule has 0 unspecified atom stereocenters. The summed E-state index contributed by atoms with van der Waals surface area (Å²) in [6.07, 6.45) is 1.62. The van der Waals surface area contributed by atoms with E-state index in [1.54, 1.807) is 36.5 Å².